The van der Waals surface area contributed by atoms with Crippen LogP contribution in [0.15, 0.2) is 24.3 Å². The summed E-state index contributed by atoms with van der Waals surface area (Å²) >= 11 is 0. The molecule has 0 amide bonds. The number of ether oxygens (including phenoxy) is 2. The van der Waals surface area contributed by atoms with E-state index in [1.807, 2.05) is 32.0 Å². The molecule has 0 aromatic heterocycles. The lowest BCUT2D eigenvalue weighted by Gasteiger charge is -2.43. The van der Waals surface area contributed by atoms with Gasteiger partial charge in [0.1, 0.15) is 11.9 Å². The van der Waals surface area contributed by atoms with E-state index in [1.165, 1.54) is 0 Å². The summed E-state index contributed by atoms with van der Waals surface area (Å²) in [4.78, 5) is 10.7. The molecule has 1 saturated heterocycles. The molecule has 1 aliphatic heterocycles. The van der Waals surface area contributed by atoms with Crippen molar-refractivity contribution in [3.63, 3.8) is 0 Å². The first-order chi connectivity index (χ1) is 7.66. The molecule has 0 spiro atoms. The Bertz CT molecular complexity index is 381. The monoisotopic (exact) mass is 220 g/mol. The highest BCUT2D eigenvalue weighted by atomic mass is 16.6. The van der Waals surface area contributed by atoms with Gasteiger partial charge in [0.2, 0.25) is 0 Å². The van der Waals surface area contributed by atoms with Gasteiger partial charge in [-0.25, -0.2) is 0 Å². The Morgan fingerprint density at radius 3 is 2.69 bits per heavy atom. The number of hydrogen-bond donors (Lipinski definition) is 0. The van der Waals surface area contributed by atoms with Crippen LogP contribution in [0, 0.1) is 0 Å². The second-order valence-corrected chi connectivity index (χ2v) is 4.40. The van der Waals surface area contributed by atoms with Gasteiger partial charge >= 0.3 is 0 Å². The van der Waals surface area contributed by atoms with Crippen LogP contribution < -0.4 is 0 Å². The molecular weight excluding hydrogens is 204 g/mol. The first kappa shape index (κ1) is 11.3. The van der Waals surface area contributed by atoms with E-state index in [-0.39, 0.29) is 11.7 Å². The lowest BCUT2D eigenvalue weighted by molar-refractivity contribution is -0.232. The minimum absolute atomic E-state index is 0.142. The second kappa shape index (κ2) is 4.36. The predicted octanol–water partition coefficient (Wildman–Crippen LogP) is 2.15. The Morgan fingerprint density at radius 1 is 1.44 bits per heavy atom. The van der Waals surface area contributed by atoms with Gasteiger partial charge < -0.3 is 9.47 Å². The van der Waals surface area contributed by atoms with Crippen molar-refractivity contribution >= 4 is 6.29 Å². The average molecular weight is 220 g/mol. The molecule has 0 saturated carbocycles. The standard InChI is InChI=1S/C13H16O3/c1-10(2)16-13(8-15-9-13)12-5-3-4-11(6-12)7-14/h3-7,10H,8-9H2,1-2H3. The van der Waals surface area contributed by atoms with Gasteiger partial charge in [-0.2, -0.15) is 0 Å². The third-order valence-corrected chi connectivity index (χ3v) is 2.68. The molecule has 2 rings (SSSR count). The minimum Gasteiger partial charge on any atom is -0.375 e. The van der Waals surface area contributed by atoms with Crippen molar-refractivity contribution in [2.75, 3.05) is 13.2 Å². The largest absolute Gasteiger partial charge is 0.375 e. The molecule has 1 fully saturated rings. The number of benzene rings is 1. The number of carbonyl (C=O) groups excluding carboxylic acids is 1. The zero-order valence-electron chi connectivity index (χ0n) is 9.60. The topological polar surface area (TPSA) is 35.5 Å². The summed E-state index contributed by atoms with van der Waals surface area (Å²) in [5, 5.41) is 0. The van der Waals surface area contributed by atoms with Gasteiger partial charge in [0.25, 0.3) is 0 Å². The van der Waals surface area contributed by atoms with E-state index in [4.69, 9.17) is 9.47 Å². The fourth-order valence-corrected chi connectivity index (χ4v) is 1.94. The van der Waals surface area contributed by atoms with Crippen molar-refractivity contribution in [3.05, 3.63) is 35.4 Å². The quantitative estimate of drug-likeness (QED) is 0.729. The van der Waals surface area contributed by atoms with Crippen LogP contribution in [0.4, 0.5) is 0 Å². The first-order valence-corrected chi connectivity index (χ1v) is 5.47. The predicted molar refractivity (Wildman–Crippen MR) is 60.5 cm³/mol. The fourth-order valence-electron chi connectivity index (χ4n) is 1.94. The van der Waals surface area contributed by atoms with E-state index in [0.29, 0.717) is 18.8 Å². The van der Waals surface area contributed by atoms with E-state index in [0.717, 1.165) is 11.8 Å². The van der Waals surface area contributed by atoms with Gasteiger partial charge in [-0.15, -0.1) is 0 Å². The Kier molecular flexibility index (Phi) is 3.08. The SMILES string of the molecule is CC(C)OC1(c2cccc(C=O)c2)COC1. The summed E-state index contributed by atoms with van der Waals surface area (Å²) < 4.78 is 11.2. The van der Waals surface area contributed by atoms with Crippen LogP contribution in [-0.4, -0.2) is 25.6 Å². The molecule has 16 heavy (non-hydrogen) atoms. The maximum atomic E-state index is 10.7. The Labute approximate surface area is 95.4 Å². The number of hydrogen-bond acceptors (Lipinski definition) is 3. The molecule has 0 atom stereocenters. The molecule has 0 unspecified atom stereocenters. The zero-order valence-corrected chi connectivity index (χ0v) is 9.60. The molecular formula is C13H16O3. The molecule has 1 heterocycles. The minimum atomic E-state index is -0.354. The van der Waals surface area contributed by atoms with Gasteiger partial charge in [0.15, 0.2) is 0 Å². The highest BCUT2D eigenvalue weighted by Gasteiger charge is 2.42. The molecule has 0 radical (unpaired) electrons. The molecule has 3 heteroatoms. The number of rotatable bonds is 4. The summed E-state index contributed by atoms with van der Waals surface area (Å²) in [6.07, 6.45) is 0.996. The van der Waals surface area contributed by atoms with Gasteiger partial charge in [-0.1, -0.05) is 18.2 Å². The maximum absolute atomic E-state index is 10.7. The lowest BCUT2D eigenvalue weighted by Crippen LogP contribution is -2.50. The van der Waals surface area contributed by atoms with Gasteiger partial charge in [-0.3, -0.25) is 4.79 Å². The summed E-state index contributed by atoms with van der Waals surface area (Å²) in [6, 6.07) is 7.53. The van der Waals surface area contributed by atoms with Crippen LogP contribution in [0.3, 0.4) is 0 Å². The van der Waals surface area contributed by atoms with E-state index in [9.17, 15) is 4.79 Å². The average Bonchev–Trinajstić information content (AvgIpc) is 2.23. The van der Waals surface area contributed by atoms with Crippen molar-refractivity contribution in [3.8, 4) is 0 Å². The Morgan fingerprint density at radius 2 is 2.19 bits per heavy atom. The van der Waals surface area contributed by atoms with Crippen molar-refractivity contribution in [2.45, 2.75) is 25.6 Å². The molecule has 1 aliphatic rings. The summed E-state index contributed by atoms with van der Waals surface area (Å²) in [7, 11) is 0. The van der Waals surface area contributed by atoms with Crippen LogP contribution in [0.2, 0.25) is 0 Å². The molecule has 0 N–H and O–H groups in total. The van der Waals surface area contributed by atoms with Crippen molar-refractivity contribution in [1.29, 1.82) is 0 Å². The van der Waals surface area contributed by atoms with Crippen molar-refractivity contribution in [1.82, 2.24) is 0 Å². The molecule has 1 aromatic carbocycles. The van der Waals surface area contributed by atoms with Crippen LogP contribution in [0.5, 0.6) is 0 Å². The van der Waals surface area contributed by atoms with Crippen LogP contribution in [0.1, 0.15) is 29.8 Å². The lowest BCUT2D eigenvalue weighted by atomic mass is 9.90. The van der Waals surface area contributed by atoms with Crippen LogP contribution >= 0.6 is 0 Å². The maximum Gasteiger partial charge on any atom is 0.150 e. The molecule has 1 aromatic rings. The molecule has 86 valence electrons. The molecule has 0 bridgehead atoms. The van der Waals surface area contributed by atoms with E-state index in [2.05, 4.69) is 0 Å². The van der Waals surface area contributed by atoms with E-state index in [1.54, 1.807) is 6.07 Å². The summed E-state index contributed by atoms with van der Waals surface area (Å²) in [5.41, 5.74) is 1.35. The zero-order chi connectivity index (χ0) is 11.6. The normalized spacial score (nSPS) is 18.2. The molecule has 0 aliphatic carbocycles. The van der Waals surface area contributed by atoms with Crippen LogP contribution in [-0.2, 0) is 15.1 Å². The summed E-state index contributed by atoms with van der Waals surface area (Å²) in [6.45, 7) is 5.13. The Hall–Kier alpha value is -1.19. The number of carbonyl (C=O) groups is 1. The van der Waals surface area contributed by atoms with Crippen LogP contribution in [0.25, 0.3) is 0 Å². The number of aldehydes is 1. The third-order valence-electron chi connectivity index (χ3n) is 2.68. The Balaban J connectivity index is 2.29. The molecule has 3 nitrogen and oxygen atoms in total. The smallest absolute Gasteiger partial charge is 0.150 e. The van der Waals surface area contributed by atoms with E-state index >= 15 is 0 Å². The highest BCUT2D eigenvalue weighted by molar-refractivity contribution is 5.75. The van der Waals surface area contributed by atoms with Crippen molar-refractivity contribution in [2.24, 2.45) is 0 Å². The fraction of sp³-hybridized carbons (Fsp3) is 0.462. The van der Waals surface area contributed by atoms with Gasteiger partial charge in [0, 0.05) is 5.56 Å². The van der Waals surface area contributed by atoms with Gasteiger partial charge in [-0.05, 0) is 25.5 Å². The second-order valence-electron chi connectivity index (χ2n) is 4.40. The third kappa shape index (κ3) is 2.01. The highest BCUT2D eigenvalue weighted by Crippen LogP contribution is 2.35. The van der Waals surface area contributed by atoms with E-state index < -0.39 is 0 Å². The first-order valence-electron chi connectivity index (χ1n) is 5.47. The van der Waals surface area contributed by atoms with Gasteiger partial charge in [0.05, 0.1) is 19.3 Å². The summed E-state index contributed by atoms with van der Waals surface area (Å²) in [5.74, 6) is 0. The van der Waals surface area contributed by atoms with Crippen molar-refractivity contribution < 1.29 is 14.3 Å².